The van der Waals surface area contributed by atoms with Crippen LogP contribution in [0.3, 0.4) is 0 Å². The predicted molar refractivity (Wildman–Crippen MR) is 80.7 cm³/mol. The molecule has 0 unspecified atom stereocenters. The molecule has 2 aromatic carbocycles. The Balaban J connectivity index is 2.10. The molecule has 0 bridgehead atoms. The van der Waals surface area contributed by atoms with E-state index in [9.17, 15) is 18.0 Å². The van der Waals surface area contributed by atoms with E-state index in [1.807, 2.05) is 0 Å². The summed E-state index contributed by atoms with van der Waals surface area (Å²) in [7, 11) is 0. The summed E-state index contributed by atoms with van der Waals surface area (Å²) in [4.78, 5) is 10.7. The third kappa shape index (κ3) is 4.55. The monoisotopic (exact) mass is 360 g/mol. The fourth-order valence-corrected chi connectivity index (χ4v) is 1.95. The lowest BCUT2D eigenvalue weighted by atomic mass is 10.2. The number of carboxylic acids is 1. The zero-order valence-corrected chi connectivity index (χ0v) is 13.1. The van der Waals surface area contributed by atoms with Gasteiger partial charge in [0, 0.05) is 0 Å². The fraction of sp³-hybridized carbons (Fsp3) is 0.188. The lowest BCUT2D eigenvalue weighted by Crippen LogP contribution is -2.22. The molecule has 0 spiro atoms. The van der Waals surface area contributed by atoms with Crippen molar-refractivity contribution in [3.63, 3.8) is 0 Å². The van der Waals surface area contributed by atoms with Crippen LogP contribution in [0.5, 0.6) is 17.2 Å². The van der Waals surface area contributed by atoms with Crippen molar-refractivity contribution < 1.29 is 32.5 Å². The highest BCUT2D eigenvalue weighted by molar-refractivity contribution is 6.32. The number of alkyl halides is 3. The second-order valence-corrected chi connectivity index (χ2v) is 5.22. The molecule has 2 rings (SSSR count). The minimum Gasteiger partial charge on any atom is -0.479 e. The summed E-state index contributed by atoms with van der Waals surface area (Å²) in [5.41, 5.74) is -0.869. The molecule has 0 fully saturated rings. The molecule has 0 saturated carbocycles. The Morgan fingerprint density at radius 3 is 2.21 bits per heavy atom. The molecule has 4 nitrogen and oxygen atoms in total. The maximum atomic E-state index is 12.6. The highest BCUT2D eigenvalue weighted by Gasteiger charge is 2.31. The van der Waals surface area contributed by atoms with Crippen molar-refractivity contribution in [3.05, 3.63) is 53.1 Å². The number of ether oxygens (including phenoxy) is 2. The van der Waals surface area contributed by atoms with Crippen molar-refractivity contribution >= 4 is 17.6 Å². The van der Waals surface area contributed by atoms with Gasteiger partial charge in [-0.1, -0.05) is 11.6 Å². The summed E-state index contributed by atoms with van der Waals surface area (Å²) >= 11 is 5.81. The molecule has 24 heavy (non-hydrogen) atoms. The van der Waals surface area contributed by atoms with Crippen LogP contribution in [-0.4, -0.2) is 17.2 Å². The largest absolute Gasteiger partial charge is 0.479 e. The van der Waals surface area contributed by atoms with Gasteiger partial charge in [0.05, 0.1) is 10.6 Å². The third-order valence-electron chi connectivity index (χ3n) is 2.97. The van der Waals surface area contributed by atoms with Crippen LogP contribution in [0.4, 0.5) is 13.2 Å². The van der Waals surface area contributed by atoms with E-state index in [0.29, 0.717) is 11.5 Å². The molecule has 2 aromatic rings. The second kappa shape index (κ2) is 7.00. The first-order chi connectivity index (χ1) is 11.2. The van der Waals surface area contributed by atoms with Crippen LogP contribution in [-0.2, 0) is 11.0 Å². The van der Waals surface area contributed by atoms with E-state index in [0.717, 1.165) is 18.2 Å². The van der Waals surface area contributed by atoms with Gasteiger partial charge in [0.15, 0.2) is 6.10 Å². The zero-order chi connectivity index (χ0) is 17.9. The molecule has 0 aliphatic carbocycles. The first kappa shape index (κ1) is 17.9. The van der Waals surface area contributed by atoms with E-state index in [1.54, 1.807) is 0 Å². The quantitative estimate of drug-likeness (QED) is 0.815. The molecule has 0 aliphatic rings. The van der Waals surface area contributed by atoms with Gasteiger partial charge in [-0.25, -0.2) is 4.79 Å². The number of halogens is 4. The Hall–Kier alpha value is -2.41. The number of benzene rings is 2. The van der Waals surface area contributed by atoms with Crippen LogP contribution < -0.4 is 9.47 Å². The molecule has 0 heterocycles. The molecule has 0 aromatic heterocycles. The number of hydrogen-bond donors (Lipinski definition) is 1. The van der Waals surface area contributed by atoms with E-state index < -0.39 is 23.8 Å². The van der Waals surface area contributed by atoms with Gasteiger partial charge in [0.1, 0.15) is 17.2 Å². The van der Waals surface area contributed by atoms with E-state index in [4.69, 9.17) is 26.2 Å². The van der Waals surface area contributed by atoms with Gasteiger partial charge in [-0.2, -0.15) is 13.2 Å². The van der Waals surface area contributed by atoms with Gasteiger partial charge in [0.25, 0.3) is 0 Å². The molecule has 0 saturated heterocycles. The average Bonchev–Trinajstić information content (AvgIpc) is 2.50. The number of carboxylic acid groups (broad SMARTS) is 1. The normalized spacial score (nSPS) is 12.5. The molecule has 0 aliphatic heterocycles. The number of hydrogen-bond acceptors (Lipinski definition) is 3. The molecule has 1 N–H and O–H groups in total. The van der Waals surface area contributed by atoms with Crippen LogP contribution in [0.2, 0.25) is 5.02 Å². The van der Waals surface area contributed by atoms with Gasteiger partial charge in [-0.3, -0.25) is 0 Å². The van der Waals surface area contributed by atoms with Crippen molar-refractivity contribution in [2.24, 2.45) is 0 Å². The standard InChI is InChI=1S/C16H12ClF3O4/c1-9(15(21)22)23-11-3-5-12(6-4-11)24-14-7-2-10(8-13(14)17)16(18,19)20/h2-9H,1H3,(H,21,22)/t9-/m1/s1. The van der Waals surface area contributed by atoms with Gasteiger partial charge in [-0.15, -0.1) is 0 Å². The summed E-state index contributed by atoms with van der Waals surface area (Å²) in [6, 6.07) is 8.70. The van der Waals surface area contributed by atoms with Crippen molar-refractivity contribution in [3.8, 4) is 17.2 Å². The van der Waals surface area contributed by atoms with Crippen LogP contribution in [0.15, 0.2) is 42.5 Å². The van der Waals surface area contributed by atoms with Gasteiger partial charge in [-0.05, 0) is 49.4 Å². The minimum atomic E-state index is -4.48. The lowest BCUT2D eigenvalue weighted by Gasteiger charge is -2.12. The van der Waals surface area contributed by atoms with E-state index >= 15 is 0 Å². The predicted octanol–water partition coefficient (Wildman–Crippen LogP) is 5.00. The van der Waals surface area contributed by atoms with E-state index in [-0.39, 0.29) is 10.8 Å². The summed E-state index contributed by atoms with van der Waals surface area (Å²) in [5.74, 6) is -0.410. The minimum absolute atomic E-state index is 0.0669. The molecular formula is C16H12ClF3O4. The van der Waals surface area contributed by atoms with Gasteiger partial charge >= 0.3 is 12.1 Å². The summed E-state index contributed by atoms with van der Waals surface area (Å²) in [5, 5.41) is 8.58. The maximum absolute atomic E-state index is 12.6. The Kier molecular flexibility index (Phi) is 5.23. The highest BCUT2D eigenvalue weighted by Crippen LogP contribution is 2.36. The van der Waals surface area contributed by atoms with Crippen LogP contribution in [0.1, 0.15) is 12.5 Å². The Bertz CT molecular complexity index is 729. The topological polar surface area (TPSA) is 55.8 Å². The number of rotatable bonds is 5. The SMILES string of the molecule is C[C@@H](Oc1ccc(Oc2ccc(C(F)(F)F)cc2Cl)cc1)C(=O)O. The number of aliphatic carboxylic acids is 1. The Labute approximate surface area is 140 Å². The fourth-order valence-electron chi connectivity index (χ4n) is 1.73. The van der Waals surface area contributed by atoms with Crippen molar-refractivity contribution in [2.75, 3.05) is 0 Å². The summed E-state index contributed by atoms with van der Waals surface area (Å²) in [6.07, 6.45) is -5.50. The molecule has 0 amide bonds. The van der Waals surface area contributed by atoms with Crippen LogP contribution in [0.25, 0.3) is 0 Å². The van der Waals surface area contributed by atoms with Crippen molar-refractivity contribution in [1.82, 2.24) is 0 Å². The highest BCUT2D eigenvalue weighted by atomic mass is 35.5. The zero-order valence-electron chi connectivity index (χ0n) is 12.3. The first-order valence-electron chi connectivity index (χ1n) is 6.71. The first-order valence-corrected chi connectivity index (χ1v) is 7.09. The second-order valence-electron chi connectivity index (χ2n) is 4.81. The Morgan fingerprint density at radius 2 is 1.71 bits per heavy atom. The van der Waals surface area contributed by atoms with Gasteiger partial charge < -0.3 is 14.6 Å². The van der Waals surface area contributed by atoms with Crippen molar-refractivity contribution in [1.29, 1.82) is 0 Å². The Morgan fingerprint density at radius 1 is 1.12 bits per heavy atom. The van der Waals surface area contributed by atoms with E-state index in [1.165, 1.54) is 31.2 Å². The summed E-state index contributed by atoms with van der Waals surface area (Å²) in [6.45, 7) is 1.38. The molecule has 8 heteroatoms. The maximum Gasteiger partial charge on any atom is 0.416 e. The molecule has 0 radical (unpaired) electrons. The van der Waals surface area contributed by atoms with Crippen LogP contribution in [0, 0.1) is 0 Å². The van der Waals surface area contributed by atoms with Crippen molar-refractivity contribution in [2.45, 2.75) is 19.2 Å². The lowest BCUT2D eigenvalue weighted by molar-refractivity contribution is -0.144. The number of carbonyl (C=O) groups is 1. The molecule has 128 valence electrons. The average molecular weight is 361 g/mol. The summed E-state index contributed by atoms with van der Waals surface area (Å²) < 4.78 is 48.3. The van der Waals surface area contributed by atoms with Gasteiger partial charge in [0.2, 0.25) is 0 Å². The smallest absolute Gasteiger partial charge is 0.416 e. The third-order valence-corrected chi connectivity index (χ3v) is 3.27. The molecule has 1 atom stereocenters. The van der Waals surface area contributed by atoms with Crippen LogP contribution >= 0.6 is 11.6 Å². The van der Waals surface area contributed by atoms with E-state index in [2.05, 4.69) is 0 Å². The molecular weight excluding hydrogens is 349 g/mol.